The lowest BCUT2D eigenvalue weighted by molar-refractivity contribution is -0.140. The summed E-state index contributed by atoms with van der Waals surface area (Å²) in [6.07, 6.45) is -0.377. The number of nitriles is 1. The fourth-order valence-corrected chi connectivity index (χ4v) is 2.47. The largest absolute Gasteiger partial charge is 0.469 e. The number of ether oxygens (including phenoxy) is 3. The molecule has 0 aliphatic carbocycles. The Hall–Kier alpha value is -3.34. The SMILES string of the molecule is COC(=O)CC1=C(C(=O)OC)C(c2ccc(F)cc2)C(C#N)=C(N)O1. The van der Waals surface area contributed by atoms with E-state index >= 15 is 0 Å². The summed E-state index contributed by atoms with van der Waals surface area (Å²) in [5, 5.41) is 9.43. The van der Waals surface area contributed by atoms with Crippen LogP contribution < -0.4 is 5.73 Å². The van der Waals surface area contributed by atoms with Crippen molar-refractivity contribution < 1.29 is 28.2 Å². The number of methoxy groups -OCH3 is 2. The summed E-state index contributed by atoms with van der Waals surface area (Å²) in [7, 11) is 2.33. The Morgan fingerprint density at radius 1 is 1.28 bits per heavy atom. The van der Waals surface area contributed by atoms with Gasteiger partial charge < -0.3 is 19.9 Å². The van der Waals surface area contributed by atoms with Crippen LogP contribution in [0.15, 0.2) is 47.1 Å². The highest BCUT2D eigenvalue weighted by Gasteiger charge is 2.38. The molecular formula is C17H15FN2O5. The van der Waals surface area contributed by atoms with Gasteiger partial charge in [0.25, 0.3) is 0 Å². The van der Waals surface area contributed by atoms with E-state index in [-0.39, 0.29) is 29.2 Å². The van der Waals surface area contributed by atoms with Crippen molar-refractivity contribution in [2.24, 2.45) is 5.73 Å². The molecule has 0 fully saturated rings. The Morgan fingerprint density at radius 2 is 1.92 bits per heavy atom. The van der Waals surface area contributed by atoms with Gasteiger partial charge in [-0.1, -0.05) is 12.1 Å². The van der Waals surface area contributed by atoms with Crippen LogP contribution in [0, 0.1) is 17.1 Å². The minimum atomic E-state index is -0.952. The first kappa shape index (κ1) is 18.0. The summed E-state index contributed by atoms with van der Waals surface area (Å²) in [5.74, 6) is -3.22. The number of rotatable bonds is 4. The van der Waals surface area contributed by atoms with Crippen molar-refractivity contribution >= 4 is 11.9 Å². The molecule has 0 aromatic heterocycles. The van der Waals surface area contributed by atoms with Gasteiger partial charge in [-0.3, -0.25) is 4.79 Å². The van der Waals surface area contributed by atoms with Gasteiger partial charge in [0.15, 0.2) is 0 Å². The van der Waals surface area contributed by atoms with Crippen molar-refractivity contribution in [2.45, 2.75) is 12.3 Å². The molecule has 0 bridgehead atoms. The molecule has 1 atom stereocenters. The van der Waals surface area contributed by atoms with Gasteiger partial charge in [0.1, 0.15) is 29.6 Å². The minimum absolute atomic E-state index is 0.0411. The molecule has 1 aliphatic heterocycles. The maximum Gasteiger partial charge on any atom is 0.338 e. The fraction of sp³-hybridized carbons (Fsp3) is 0.235. The van der Waals surface area contributed by atoms with Crippen molar-refractivity contribution in [3.8, 4) is 6.07 Å². The molecule has 7 nitrogen and oxygen atoms in total. The summed E-state index contributed by atoms with van der Waals surface area (Å²) in [5.41, 5.74) is 6.10. The maximum atomic E-state index is 13.2. The fourth-order valence-electron chi connectivity index (χ4n) is 2.47. The van der Waals surface area contributed by atoms with Crippen LogP contribution >= 0.6 is 0 Å². The zero-order valence-electron chi connectivity index (χ0n) is 13.5. The number of hydrogen-bond acceptors (Lipinski definition) is 7. The molecule has 1 heterocycles. The molecule has 1 aromatic rings. The van der Waals surface area contributed by atoms with Crippen molar-refractivity contribution in [3.63, 3.8) is 0 Å². The van der Waals surface area contributed by atoms with E-state index in [1.54, 1.807) is 0 Å². The molecule has 0 spiro atoms. The summed E-state index contributed by atoms with van der Waals surface area (Å²) >= 11 is 0. The number of benzene rings is 1. The van der Waals surface area contributed by atoms with Crippen molar-refractivity contribution in [1.29, 1.82) is 5.26 Å². The number of esters is 2. The summed E-state index contributed by atoms with van der Waals surface area (Å²) in [4.78, 5) is 23.9. The Balaban J connectivity index is 2.66. The highest BCUT2D eigenvalue weighted by Crippen LogP contribution is 2.40. The molecular weight excluding hydrogens is 331 g/mol. The Labute approximate surface area is 143 Å². The minimum Gasteiger partial charge on any atom is -0.469 e. The third-order valence-electron chi connectivity index (χ3n) is 3.64. The molecule has 1 aromatic carbocycles. The Kier molecular flexibility index (Phi) is 5.39. The number of nitrogens with zero attached hydrogens (tertiary/aromatic N) is 1. The lowest BCUT2D eigenvalue weighted by atomic mass is 9.82. The highest BCUT2D eigenvalue weighted by molar-refractivity contribution is 5.93. The number of allylic oxidation sites excluding steroid dienone is 1. The van der Waals surface area contributed by atoms with Crippen molar-refractivity contribution in [2.75, 3.05) is 14.2 Å². The number of carbonyl (C=O) groups excluding carboxylic acids is 2. The highest BCUT2D eigenvalue weighted by atomic mass is 19.1. The molecule has 0 saturated carbocycles. The van der Waals surface area contributed by atoms with Crippen molar-refractivity contribution in [1.82, 2.24) is 0 Å². The van der Waals surface area contributed by atoms with Crippen LogP contribution in [0.25, 0.3) is 0 Å². The normalized spacial score (nSPS) is 16.8. The van der Waals surface area contributed by atoms with Crippen molar-refractivity contribution in [3.05, 3.63) is 58.4 Å². The smallest absolute Gasteiger partial charge is 0.338 e. The van der Waals surface area contributed by atoms with E-state index < -0.39 is 23.7 Å². The van der Waals surface area contributed by atoms with E-state index in [2.05, 4.69) is 4.74 Å². The zero-order valence-corrected chi connectivity index (χ0v) is 13.5. The van der Waals surface area contributed by atoms with Crippen LogP contribution in [-0.2, 0) is 23.8 Å². The van der Waals surface area contributed by atoms with Crippen LogP contribution in [-0.4, -0.2) is 26.2 Å². The molecule has 1 aliphatic rings. The third-order valence-corrected chi connectivity index (χ3v) is 3.64. The molecule has 0 amide bonds. The Morgan fingerprint density at radius 3 is 2.44 bits per heavy atom. The van der Waals surface area contributed by atoms with Gasteiger partial charge >= 0.3 is 11.9 Å². The Bertz CT molecular complexity index is 805. The molecule has 1 unspecified atom stereocenters. The lowest BCUT2D eigenvalue weighted by Gasteiger charge is -2.27. The second-order valence-electron chi connectivity index (χ2n) is 5.06. The van der Waals surface area contributed by atoms with Gasteiger partial charge in [0.05, 0.1) is 25.7 Å². The van der Waals surface area contributed by atoms with E-state index in [0.717, 1.165) is 7.11 Å². The first-order chi connectivity index (χ1) is 11.9. The van der Waals surface area contributed by atoms with E-state index in [9.17, 15) is 19.2 Å². The predicted molar refractivity (Wildman–Crippen MR) is 82.7 cm³/mol. The first-order valence-electron chi connectivity index (χ1n) is 7.14. The molecule has 25 heavy (non-hydrogen) atoms. The maximum absolute atomic E-state index is 13.2. The number of nitrogens with two attached hydrogens (primary N) is 1. The van der Waals surface area contributed by atoms with Crippen LogP contribution in [0.5, 0.6) is 0 Å². The summed E-state index contributed by atoms with van der Waals surface area (Å²) in [6.45, 7) is 0. The lowest BCUT2D eigenvalue weighted by Crippen LogP contribution is -2.26. The average Bonchev–Trinajstić information content (AvgIpc) is 2.61. The van der Waals surface area contributed by atoms with Crippen LogP contribution in [0.2, 0.25) is 0 Å². The van der Waals surface area contributed by atoms with Gasteiger partial charge in [-0.05, 0) is 17.7 Å². The second kappa shape index (κ2) is 7.49. The third kappa shape index (κ3) is 3.61. The van der Waals surface area contributed by atoms with Gasteiger partial charge in [-0.15, -0.1) is 0 Å². The van der Waals surface area contributed by atoms with Gasteiger partial charge in [-0.2, -0.15) is 5.26 Å². The van der Waals surface area contributed by atoms with Gasteiger partial charge in [0, 0.05) is 0 Å². The van der Waals surface area contributed by atoms with Gasteiger partial charge in [0.2, 0.25) is 5.88 Å². The first-order valence-corrected chi connectivity index (χ1v) is 7.14. The molecule has 0 saturated heterocycles. The van der Waals surface area contributed by atoms with Crippen LogP contribution in [0.4, 0.5) is 4.39 Å². The second-order valence-corrected chi connectivity index (χ2v) is 5.06. The molecule has 0 radical (unpaired) electrons. The topological polar surface area (TPSA) is 112 Å². The summed E-state index contributed by atoms with van der Waals surface area (Å²) < 4.78 is 27.9. The monoisotopic (exact) mass is 346 g/mol. The zero-order chi connectivity index (χ0) is 18.6. The molecule has 8 heteroatoms. The number of halogens is 1. The molecule has 2 rings (SSSR count). The van der Waals surface area contributed by atoms with Gasteiger partial charge in [-0.25, -0.2) is 9.18 Å². The van der Waals surface area contributed by atoms with E-state index in [0.29, 0.717) is 5.56 Å². The molecule has 130 valence electrons. The summed E-state index contributed by atoms with van der Waals surface area (Å²) in [6, 6.07) is 7.08. The van der Waals surface area contributed by atoms with E-state index in [1.807, 2.05) is 6.07 Å². The standard InChI is InChI=1S/C17H15FN2O5/c1-23-13(21)7-12-15(17(22)24-2)14(11(8-19)16(20)25-12)9-3-5-10(18)6-4-9/h3-6,14H,7,20H2,1-2H3. The van der Waals surface area contributed by atoms with E-state index in [1.165, 1.54) is 31.4 Å². The average molecular weight is 346 g/mol. The predicted octanol–water partition coefficient (Wildman–Crippen LogP) is 1.62. The number of hydrogen-bond donors (Lipinski definition) is 1. The van der Waals surface area contributed by atoms with E-state index in [4.69, 9.17) is 15.2 Å². The van der Waals surface area contributed by atoms with Crippen LogP contribution in [0.1, 0.15) is 17.9 Å². The van der Waals surface area contributed by atoms with Crippen LogP contribution in [0.3, 0.4) is 0 Å². The number of carbonyl (C=O) groups is 2. The molecule has 2 N–H and O–H groups in total. The quantitative estimate of drug-likeness (QED) is 0.825.